The molecule has 206 valence electrons. The van der Waals surface area contributed by atoms with Gasteiger partial charge in [0.25, 0.3) is 0 Å². The first-order valence-corrected chi connectivity index (χ1v) is 14.6. The molecule has 0 unspecified atom stereocenters. The molecule has 0 spiro atoms. The number of nitrogens with zero attached hydrogens (tertiary/aromatic N) is 3. The number of aryl methyl sites for hydroxylation is 2. The van der Waals surface area contributed by atoms with E-state index in [1.165, 1.54) is 24.3 Å². The summed E-state index contributed by atoms with van der Waals surface area (Å²) in [6, 6.07) is 16.2. The fraction of sp³-hybridized carbons (Fsp3) is 0.267. The van der Waals surface area contributed by atoms with E-state index in [1.807, 2.05) is 36.0 Å². The van der Waals surface area contributed by atoms with Crippen LogP contribution in [0.25, 0.3) is 0 Å². The second-order valence-electron chi connectivity index (χ2n) is 10.4. The van der Waals surface area contributed by atoms with Crippen molar-refractivity contribution >= 4 is 21.6 Å². The molecule has 3 atom stereocenters. The van der Waals surface area contributed by atoms with E-state index in [-0.39, 0.29) is 35.0 Å². The number of halogens is 2. The molecular weight excluding hydrogens is 534 g/mol. The van der Waals surface area contributed by atoms with Crippen LogP contribution in [0.15, 0.2) is 84.0 Å². The Balaban J connectivity index is 1.29. The summed E-state index contributed by atoms with van der Waals surface area (Å²) in [6.07, 6.45) is 5.43. The fourth-order valence-electron chi connectivity index (χ4n) is 5.48. The Bertz CT molecular complexity index is 1670. The lowest BCUT2D eigenvalue weighted by Crippen LogP contribution is -2.33. The summed E-state index contributed by atoms with van der Waals surface area (Å²) in [7, 11) is -2.01. The summed E-state index contributed by atoms with van der Waals surface area (Å²) in [6.45, 7) is 0.250. The number of hydrogen-bond acceptors (Lipinski definition) is 4. The van der Waals surface area contributed by atoms with Gasteiger partial charge >= 0.3 is 0 Å². The van der Waals surface area contributed by atoms with Crippen molar-refractivity contribution in [1.29, 1.82) is 0 Å². The van der Waals surface area contributed by atoms with Crippen LogP contribution in [0.4, 0.5) is 14.5 Å². The Morgan fingerprint density at radius 2 is 1.75 bits per heavy atom. The maximum atomic E-state index is 13.9. The van der Waals surface area contributed by atoms with Gasteiger partial charge in [-0.25, -0.2) is 26.9 Å². The van der Waals surface area contributed by atoms with Gasteiger partial charge in [-0.1, -0.05) is 18.2 Å². The van der Waals surface area contributed by atoms with E-state index in [0.29, 0.717) is 30.8 Å². The predicted molar refractivity (Wildman–Crippen MR) is 146 cm³/mol. The quantitative estimate of drug-likeness (QED) is 0.328. The highest BCUT2D eigenvalue weighted by Crippen LogP contribution is 2.49. The number of sulfonamides is 1. The average Bonchev–Trinajstić information content (AvgIpc) is 3.50. The molecule has 0 aliphatic heterocycles. The van der Waals surface area contributed by atoms with Crippen molar-refractivity contribution in [3.63, 3.8) is 0 Å². The number of rotatable bonds is 8. The van der Waals surface area contributed by atoms with Crippen LogP contribution >= 0.6 is 0 Å². The largest absolute Gasteiger partial charge is 0.337 e. The van der Waals surface area contributed by atoms with E-state index in [9.17, 15) is 22.0 Å². The molecule has 2 aliphatic rings. The second-order valence-corrected chi connectivity index (χ2v) is 12.1. The predicted octanol–water partition coefficient (Wildman–Crippen LogP) is 5.00. The van der Waals surface area contributed by atoms with E-state index in [0.717, 1.165) is 28.8 Å². The molecule has 1 aromatic heterocycles. The molecule has 7 nitrogen and oxygen atoms in total. The van der Waals surface area contributed by atoms with Gasteiger partial charge in [0.05, 0.1) is 11.4 Å². The minimum atomic E-state index is -3.88. The molecule has 10 heteroatoms. The van der Waals surface area contributed by atoms with Gasteiger partial charge in [-0.15, -0.1) is 0 Å². The Morgan fingerprint density at radius 1 is 1.05 bits per heavy atom. The highest BCUT2D eigenvalue weighted by atomic mass is 32.2. The summed E-state index contributed by atoms with van der Waals surface area (Å²) >= 11 is 0. The van der Waals surface area contributed by atoms with Crippen molar-refractivity contribution < 1.29 is 22.0 Å². The zero-order valence-corrected chi connectivity index (χ0v) is 22.6. The highest BCUT2D eigenvalue weighted by molar-refractivity contribution is 7.89. The lowest BCUT2D eigenvalue weighted by molar-refractivity contribution is -0.120. The Labute approximate surface area is 231 Å². The van der Waals surface area contributed by atoms with Gasteiger partial charge in [-0.2, -0.15) is 0 Å². The first-order chi connectivity index (χ1) is 19.2. The highest BCUT2D eigenvalue weighted by Gasteiger charge is 2.46. The molecule has 1 heterocycles. The van der Waals surface area contributed by atoms with Crippen LogP contribution in [0, 0.1) is 17.6 Å². The Kier molecular flexibility index (Phi) is 6.75. The van der Waals surface area contributed by atoms with Crippen molar-refractivity contribution in [2.45, 2.75) is 42.7 Å². The standard InChI is InChI=1S/C30H28F2N4O3S/c1-35-15-14-33-29(35)18-36(30(37)27-17-25(27)19-2-6-21(31)7-3-19)23-10-4-20-5-13-28(26(20)16-23)34-40(38,39)24-11-8-22(32)9-12-24/h2-4,6-12,14-16,25,27-28,34H,5,13,17-18H2,1H3/t25-,27+,28+/m0/s1. The van der Waals surface area contributed by atoms with Crippen LogP contribution in [-0.4, -0.2) is 23.9 Å². The Hall–Kier alpha value is -3.89. The summed E-state index contributed by atoms with van der Waals surface area (Å²) in [4.78, 5) is 20.0. The molecular formula is C30H28F2N4O3S. The van der Waals surface area contributed by atoms with E-state index >= 15 is 0 Å². The maximum Gasteiger partial charge on any atom is 0.241 e. The van der Waals surface area contributed by atoms with Gasteiger partial charge in [0.1, 0.15) is 17.5 Å². The number of fused-ring (bicyclic) bond motifs is 1. The van der Waals surface area contributed by atoms with Crippen molar-refractivity contribution in [3.8, 4) is 0 Å². The molecule has 3 aromatic carbocycles. The number of imidazole rings is 1. The minimum absolute atomic E-state index is 0.00865. The molecule has 0 saturated heterocycles. The molecule has 40 heavy (non-hydrogen) atoms. The van der Waals surface area contributed by atoms with Crippen LogP contribution < -0.4 is 9.62 Å². The van der Waals surface area contributed by atoms with Crippen LogP contribution in [0.3, 0.4) is 0 Å². The molecule has 1 fully saturated rings. The zero-order valence-electron chi connectivity index (χ0n) is 21.8. The number of aromatic nitrogens is 2. The molecule has 1 saturated carbocycles. The number of benzene rings is 3. The molecule has 2 aliphatic carbocycles. The van der Waals surface area contributed by atoms with E-state index < -0.39 is 21.9 Å². The fourth-order valence-corrected chi connectivity index (χ4v) is 6.73. The number of carbonyl (C=O) groups excluding carboxylic acids is 1. The first-order valence-electron chi connectivity index (χ1n) is 13.1. The number of carbonyl (C=O) groups is 1. The van der Waals surface area contributed by atoms with E-state index in [1.54, 1.807) is 23.2 Å². The van der Waals surface area contributed by atoms with Crippen molar-refractivity contribution in [3.05, 3.63) is 113 Å². The molecule has 1 amide bonds. The normalized spacial score (nSPS) is 19.8. The minimum Gasteiger partial charge on any atom is -0.337 e. The summed E-state index contributed by atoms with van der Waals surface area (Å²) in [5.74, 6) is -0.399. The van der Waals surface area contributed by atoms with Crippen molar-refractivity contribution in [2.75, 3.05) is 4.90 Å². The third-order valence-corrected chi connectivity index (χ3v) is 9.32. The van der Waals surface area contributed by atoms with E-state index in [2.05, 4.69) is 9.71 Å². The smallest absolute Gasteiger partial charge is 0.241 e. The van der Waals surface area contributed by atoms with Crippen LogP contribution in [0.2, 0.25) is 0 Å². The lowest BCUT2D eigenvalue weighted by Gasteiger charge is -2.25. The van der Waals surface area contributed by atoms with Gasteiger partial charge in [0.15, 0.2) is 0 Å². The van der Waals surface area contributed by atoms with Crippen LogP contribution in [0.5, 0.6) is 0 Å². The average molecular weight is 563 g/mol. The number of hydrogen-bond donors (Lipinski definition) is 1. The molecule has 4 aromatic rings. The second kappa shape index (κ2) is 10.3. The summed E-state index contributed by atoms with van der Waals surface area (Å²) in [5, 5.41) is 0. The van der Waals surface area contributed by atoms with Crippen LogP contribution in [-0.2, 0) is 34.8 Å². The first kappa shape index (κ1) is 26.3. The van der Waals surface area contributed by atoms with E-state index in [4.69, 9.17) is 0 Å². The lowest BCUT2D eigenvalue weighted by atomic mass is 10.1. The molecule has 0 radical (unpaired) electrons. The van der Waals surface area contributed by atoms with Crippen molar-refractivity contribution in [2.24, 2.45) is 13.0 Å². The molecule has 0 bridgehead atoms. The number of anilines is 1. The molecule has 6 rings (SSSR count). The monoisotopic (exact) mass is 562 g/mol. The molecule has 1 N–H and O–H groups in total. The topological polar surface area (TPSA) is 84.3 Å². The maximum absolute atomic E-state index is 13.9. The van der Waals surface area contributed by atoms with Gasteiger partial charge in [-0.05, 0) is 90.4 Å². The number of nitrogens with one attached hydrogen (secondary N) is 1. The third kappa shape index (κ3) is 5.16. The van der Waals surface area contributed by atoms with Crippen LogP contribution in [0.1, 0.15) is 47.3 Å². The van der Waals surface area contributed by atoms with Gasteiger partial charge in [0.2, 0.25) is 15.9 Å². The van der Waals surface area contributed by atoms with Gasteiger partial charge in [-0.3, -0.25) is 4.79 Å². The van der Waals surface area contributed by atoms with Gasteiger partial charge < -0.3 is 9.47 Å². The zero-order chi connectivity index (χ0) is 28.0. The SMILES string of the molecule is Cn1ccnc1CN(C(=O)[C@@H]1C[C@H]1c1ccc(F)cc1)c1ccc2c(c1)[C@H](NS(=O)(=O)c1ccc(F)cc1)CC2. The van der Waals surface area contributed by atoms with Crippen molar-refractivity contribution in [1.82, 2.24) is 14.3 Å². The number of amides is 1. The van der Waals surface area contributed by atoms with Gasteiger partial charge in [0, 0.05) is 37.1 Å². The Morgan fingerprint density at radius 3 is 2.42 bits per heavy atom. The summed E-state index contributed by atoms with van der Waals surface area (Å²) in [5.41, 5.74) is 3.41. The third-order valence-electron chi connectivity index (χ3n) is 7.83. The summed E-state index contributed by atoms with van der Waals surface area (Å²) < 4.78 is 57.5.